The Bertz CT molecular complexity index is 297. The fourth-order valence-electron chi connectivity index (χ4n) is 1.53. The van der Waals surface area contributed by atoms with Crippen molar-refractivity contribution in [3.63, 3.8) is 0 Å². The van der Waals surface area contributed by atoms with E-state index in [0.717, 1.165) is 19.3 Å². The highest BCUT2D eigenvalue weighted by Crippen LogP contribution is 2.29. The Morgan fingerprint density at radius 1 is 1.40 bits per heavy atom. The second kappa shape index (κ2) is 5.63. The molecule has 1 saturated carbocycles. The fraction of sp³-hybridized carbons (Fsp3) is 0.800. The lowest BCUT2D eigenvalue weighted by atomic mass is 10.3. The Labute approximate surface area is 92.2 Å². The van der Waals surface area contributed by atoms with Gasteiger partial charge in [-0.05, 0) is 32.2 Å². The van der Waals surface area contributed by atoms with Crippen molar-refractivity contribution in [2.45, 2.75) is 31.7 Å². The summed E-state index contributed by atoms with van der Waals surface area (Å²) in [6.07, 6.45) is 5.05. The minimum atomic E-state index is -3.09. The van der Waals surface area contributed by atoms with Crippen molar-refractivity contribution < 1.29 is 8.42 Å². The third kappa shape index (κ3) is 3.93. The molecule has 0 atom stereocenters. The van der Waals surface area contributed by atoms with Gasteiger partial charge in [-0.2, -0.15) is 4.31 Å². The maximum atomic E-state index is 11.9. The van der Waals surface area contributed by atoms with Gasteiger partial charge in [-0.25, -0.2) is 8.42 Å². The van der Waals surface area contributed by atoms with E-state index >= 15 is 0 Å². The van der Waals surface area contributed by atoms with E-state index in [-0.39, 0.29) is 11.8 Å². The van der Waals surface area contributed by atoms with Crippen LogP contribution in [0.25, 0.3) is 0 Å². The van der Waals surface area contributed by atoms with Crippen LogP contribution in [0.4, 0.5) is 0 Å². The van der Waals surface area contributed by atoms with E-state index < -0.39 is 10.0 Å². The van der Waals surface area contributed by atoms with Crippen molar-refractivity contribution in [3.8, 4) is 0 Å². The molecule has 4 nitrogen and oxygen atoms in total. The molecule has 0 saturated heterocycles. The van der Waals surface area contributed by atoms with E-state index in [2.05, 4.69) is 6.58 Å². The average Bonchev–Trinajstić information content (AvgIpc) is 2.97. The molecule has 5 heteroatoms. The van der Waals surface area contributed by atoms with Crippen LogP contribution >= 0.6 is 0 Å². The van der Waals surface area contributed by atoms with Gasteiger partial charge in [0.05, 0.1) is 5.75 Å². The molecule has 1 aliphatic carbocycles. The molecule has 1 rings (SSSR count). The number of hydrogen-bond donors (Lipinski definition) is 1. The van der Waals surface area contributed by atoms with Crippen molar-refractivity contribution in [3.05, 3.63) is 12.7 Å². The molecule has 0 amide bonds. The molecule has 1 fully saturated rings. The number of unbranched alkanes of at least 4 members (excludes halogenated alkanes) is 1. The lowest BCUT2D eigenvalue weighted by Crippen LogP contribution is -2.35. The highest BCUT2D eigenvalue weighted by molar-refractivity contribution is 7.89. The predicted molar refractivity (Wildman–Crippen MR) is 62.0 cm³/mol. The molecular weight excluding hydrogens is 212 g/mol. The summed E-state index contributed by atoms with van der Waals surface area (Å²) in [7, 11) is -3.09. The average molecular weight is 232 g/mol. The van der Waals surface area contributed by atoms with Gasteiger partial charge in [0.2, 0.25) is 10.0 Å². The smallest absolute Gasteiger partial charge is 0.214 e. The number of nitrogens with zero attached hydrogens (tertiary/aromatic N) is 1. The van der Waals surface area contributed by atoms with E-state index in [9.17, 15) is 8.42 Å². The van der Waals surface area contributed by atoms with Crippen LogP contribution in [0.1, 0.15) is 25.7 Å². The minimum absolute atomic E-state index is 0.217. The lowest BCUT2D eigenvalue weighted by Gasteiger charge is -2.19. The number of hydrogen-bond acceptors (Lipinski definition) is 3. The van der Waals surface area contributed by atoms with Gasteiger partial charge in [0.25, 0.3) is 0 Å². The van der Waals surface area contributed by atoms with Gasteiger partial charge in [-0.15, -0.1) is 6.58 Å². The molecule has 0 heterocycles. The van der Waals surface area contributed by atoms with Gasteiger partial charge in [0.1, 0.15) is 0 Å². The quantitative estimate of drug-likeness (QED) is 0.495. The second-order valence-corrected chi connectivity index (χ2v) is 5.94. The molecular formula is C10H20N2O2S. The first-order valence-corrected chi connectivity index (χ1v) is 7.03. The molecule has 0 spiro atoms. The van der Waals surface area contributed by atoms with Crippen LogP contribution in [-0.2, 0) is 10.0 Å². The van der Waals surface area contributed by atoms with Crippen molar-refractivity contribution in [1.29, 1.82) is 0 Å². The lowest BCUT2D eigenvalue weighted by molar-refractivity contribution is 0.434. The normalized spacial score (nSPS) is 16.9. The van der Waals surface area contributed by atoms with Gasteiger partial charge in [-0.1, -0.05) is 6.08 Å². The Balaban J connectivity index is 2.51. The van der Waals surface area contributed by atoms with Crippen molar-refractivity contribution in [2.75, 3.05) is 18.8 Å². The van der Waals surface area contributed by atoms with E-state index in [1.165, 1.54) is 0 Å². The molecule has 0 aliphatic heterocycles. The first-order valence-electron chi connectivity index (χ1n) is 5.42. The summed E-state index contributed by atoms with van der Waals surface area (Å²) in [6, 6.07) is 0.228. The van der Waals surface area contributed by atoms with E-state index in [1.807, 2.05) is 0 Å². The zero-order valence-electron chi connectivity index (χ0n) is 9.06. The van der Waals surface area contributed by atoms with Crippen LogP contribution in [0.2, 0.25) is 0 Å². The fourth-order valence-corrected chi connectivity index (χ4v) is 3.33. The summed E-state index contributed by atoms with van der Waals surface area (Å²) in [5.74, 6) is 0.217. The third-order valence-corrected chi connectivity index (χ3v) is 4.44. The maximum absolute atomic E-state index is 11.9. The Kier molecular flexibility index (Phi) is 4.76. The van der Waals surface area contributed by atoms with Crippen LogP contribution in [0.5, 0.6) is 0 Å². The molecule has 0 aromatic heterocycles. The second-order valence-electron chi connectivity index (χ2n) is 3.90. The number of nitrogens with two attached hydrogens (primary N) is 1. The topological polar surface area (TPSA) is 63.4 Å². The molecule has 0 aromatic rings. The molecule has 2 N–H and O–H groups in total. The van der Waals surface area contributed by atoms with E-state index in [0.29, 0.717) is 19.5 Å². The van der Waals surface area contributed by atoms with Crippen LogP contribution in [0.3, 0.4) is 0 Å². The van der Waals surface area contributed by atoms with Crippen molar-refractivity contribution in [1.82, 2.24) is 4.31 Å². The first kappa shape index (κ1) is 12.7. The monoisotopic (exact) mass is 232 g/mol. The Hall–Kier alpha value is -0.390. The summed E-state index contributed by atoms with van der Waals surface area (Å²) >= 11 is 0. The summed E-state index contributed by atoms with van der Waals surface area (Å²) in [5, 5.41) is 0. The third-order valence-electron chi connectivity index (χ3n) is 2.48. The summed E-state index contributed by atoms with van der Waals surface area (Å²) in [6.45, 7) is 4.59. The molecule has 0 aromatic carbocycles. The van der Waals surface area contributed by atoms with Crippen LogP contribution in [0.15, 0.2) is 12.7 Å². The minimum Gasteiger partial charge on any atom is -0.330 e. The highest BCUT2D eigenvalue weighted by Gasteiger charge is 2.35. The van der Waals surface area contributed by atoms with Gasteiger partial charge < -0.3 is 5.73 Å². The molecule has 88 valence electrons. The molecule has 15 heavy (non-hydrogen) atoms. The largest absolute Gasteiger partial charge is 0.330 e. The van der Waals surface area contributed by atoms with Gasteiger partial charge in [-0.3, -0.25) is 0 Å². The summed E-state index contributed by atoms with van der Waals surface area (Å²) < 4.78 is 25.4. The molecule has 0 radical (unpaired) electrons. The number of rotatable bonds is 8. The van der Waals surface area contributed by atoms with Gasteiger partial charge >= 0.3 is 0 Å². The predicted octanol–water partition coefficient (Wildman–Crippen LogP) is 0.706. The SMILES string of the molecule is C=CCN(C1CC1)S(=O)(=O)CCCCN. The molecule has 0 bridgehead atoms. The van der Waals surface area contributed by atoms with Crippen LogP contribution < -0.4 is 5.73 Å². The maximum Gasteiger partial charge on any atom is 0.214 e. The van der Waals surface area contributed by atoms with Crippen LogP contribution in [0, 0.1) is 0 Å². The van der Waals surface area contributed by atoms with Crippen molar-refractivity contribution >= 4 is 10.0 Å². The summed E-state index contributed by atoms with van der Waals surface area (Å²) in [4.78, 5) is 0. The van der Waals surface area contributed by atoms with Crippen LogP contribution in [-0.4, -0.2) is 37.6 Å². The summed E-state index contributed by atoms with van der Waals surface area (Å²) in [5.41, 5.74) is 5.34. The highest BCUT2D eigenvalue weighted by atomic mass is 32.2. The number of sulfonamides is 1. The molecule has 1 aliphatic rings. The Morgan fingerprint density at radius 2 is 2.07 bits per heavy atom. The van der Waals surface area contributed by atoms with E-state index in [1.54, 1.807) is 10.4 Å². The van der Waals surface area contributed by atoms with Crippen molar-refractivity contribution in [2.24, 2.45) is 5.73 Å². The zero-order chi connectivity index (χ0) is 11.3. The Morgan fingerprint density at radius 3 is 2.53 bits per heavy atom. The zero-order valence-corrected chi connectivity index (χ0v) is 9.88. The standard InChI is InChI=1S/C10H20N2O2S/c1-2-8-12(10-5-6-10)15(13,14)9-4-3-7-11/h2,10H,1,3-9,11H2. The molecule has 0 unspecified atom stereocenters. The first-order chi connectivity index (χ1) is 7.11. The van der Waals surface area contributed by atoms with Gasteiger partial charge in [0, 0.05) is 12.6 Å². The van der Waals surface area contributed by atoms with E-state index in [4.69, 9.17) is 5.73 Å². The van der Waals surface area contributed by atoms with Gasteiger partial charge in [0.15, 0.2) is 0 Å².